The summed E-state index contributed by atoms with van der Waals surface area (Å²) in [5.41, 5.74) is 10.2. The average molecular weight is 443 g/mol. The van der Waals surface area contributed by atoms with Crippen LogP contribution in [0.15, 0.2) is 54.9 Å². The van der Waals surface area contributed by atoms with Gasteiger partial charge < -0.3 is 15.8 Å². The van der Waals surface area contributed by atoms with Crippen LogP contribution in [0.1, 0.15) is 40.9 Å². The van der Waals surface area contributed by atoms with Crippen molar-refractivity contribution in [3.8, 4) is 16.9 Å². The molecule has 1 aliphatic rings. The first-order valence-electron chi connectivity index (χ1n) is 11.1. The zero-order valence-electron chi connectivity index (χ0n) is 18.5. The Labute approximate surface area is 191 Å². The Balaban J connectivity index is 1.31. The number of nitrogens with one attached hydrogen (secondary N) is 1. The van der Waals surface area contributed by atoms with E-state index in [1.807, 2.05) is 49.4 Å². The van der Waals surface area contributed by atoms with E-state index < -0.39 is 0 Å². The van der Waals surface area contributed by atoms with Crippen LogP contribution in [0.5, 0.6) is 5.75 Å². The Bertz CT molecular complexity index is 1310. The maximum Gasteiger partial charge on any atom is 0.253 e. The summed E-state index contributed by atoms with van der Waals surface area (Å²) in [5, 5.41) is 7.11. The van der Waals surface area contributed by atoms with Crippen molar-refractivity contribution < 1.29 is 9.53 Å². The number of ether oxygens (including phenoxy) is 1. The summed E-state index contributed by atoms with van der Waals surface area (Å²) in [6.07, 6.45) is 7.30. The van der Waals surface area contributed by atoms with Gasteiger partial charge in [0.25, 0.3) is 5.91 Å². The summed E-state index contributed by atoms with van der Waals surface area (Å²) in [6.45, 7) is 2.95. The molecule has 4 aromatic rings. The zero-order valence-corrected chi connectivity index (χ0v) is 18.5. The molecule has 0 unspecified atom stereocenters. The molecule has 1 aromatic carbocycles. The van der Waals surface area contributed by atoms with Crippen molar-refractivity contribution in [1.29, 1.82) is 0 Å². The van der Waals surface area contributed by atoms with Gasteiger partial charge in [-0.3, -0.25) is 9.78 Å². The Morgan fingerprint density at radius 1 is 1.21 bits per heavy atom. The van der Waals surface area contributed by atoms with Gasteiger partial charge in [0.2, 0.25) is 5.95 Å². The number of nitrogens with two attached hydrogens (primary N) is 1. The topological polar surface area (TPSA) is 107 Å². The van der Waals surface area contributed by atoms with E-state index in [0.29, 0.717) is 29.4 Å². The molecule has 3 aromatic heterocycles. The molecule has 3 heterocycles. The number of nitrogen functional groups attached to an aromatic ring is 1. The fourth-order valence-electron chi connectivity index (χ4n) is 3.93. The summed E-state index contributed by atoms with van der Waals surface area (Å²) in [5.74, 6) is 1.52. The van der Waals surface area contributed by atoms with Crippen LogP contribution < -0.4 is 15.8 Å². The van der Waals surface area contributed by atoms with Gasteiger partial charge >= 0.3 is 0 Å². The number of anilines is 1. The van der Waals surface area contributed by atoms with Gasteiger partial charge in [-0.15, -0.1) is 5.10 Å². The molecule has 33 heavy (non-hydrogen) atoms. The van der Waals surface area contributed by atoms with Crippen molar-refractivity contribution in [3.63, 3.8) is 0 Å². The molecule has 1 saturated carbocycles. The van der Waals surface area contributed by atoms with Gasteiger partial charge in [0, 0.05) is 30.1 Å². The van der Waals surface area contributed by atoms with Crippen LogP contribution >= 0.6 is 0 Å². The van der Waals surface area contributed by atoms with Crippen LogP contribution in [0.25, 0.3) is 16.8 Å². The normalized spacial score (nSPS) is 13.6. The highest BCUT2D eigenvalue weighted by atomic mass is 16.5. The number of hydrogen-bond acceptors (Lipinski definition) is 6. The number of carbonyl (C=O) groups excluding carboxylic acids is 1. The molecule has 1 fully saturated rings. The predicted molar refractivity (Wildman–Crippen MR) is 126 cm³/mol. The first-order valence-corrected chi connectivity index (χ1v) is 11.1. The Hall–Kier alpha value is -3.94. The van der Waals surface area contributed by atoms with Crippen LogP contribution in [0.2, 0.25) is 0 Å². The molecule has 0 aliphatic heterocycles. The Kier molecular flexibility index (Phi) is 5.64. The number of fused-ring (bicyclic) bond motifs is 1. The van der Waals surface area contributed by atoms with Gasteiger partial charge in [-0.25, -0.2) is 4.52 Å². The number of aromatic nitrogens is 4. The molecule has 0 saturated heterocycles. The van der Waals surface area contributed by atoms with Crippen molar-refractivity contribution in [1.82, 2.24) is 24.9 Å². The van der Waals surface area contributed by atoms with Crippen molar-refractivity contribution in [2.45, 2.75) is 32.7 Å². The molecule has 8 heteroatoms. The third-order valence-corrected chi connectivity index (χ3v) is 6.13. The highest BCUT2D eigenvalue weighted by molar-refractivity contribution is 5.96. The van der Waals surface area contributed by atoms with Gasteiger partial charge in [0.15, 0.2) is 5.65 Å². The first-order chi connectivity index (χ1) is 16.1. The second-order valence-electron chi connectivity index (χ2n) is 8.44. The maximum absolute atomic E-state index is 13.0. The summed E-state index contributed by atoms with van der Waals surface area (Å²) in [6, 6.07) is 13.5. The minimum absolute atomic E-state index is 0.177. The number of amides is 1. The van der Waals surface area contributed by atoms with E-state index in [-0.39, 0.29) is 11.9 Å². The second kappa shape index (κ2) is 8.90. The standard InChI is InChI=1S/C25H26N6O2/c1-16-21(11-20(14-27-16)18-9-10-31-23(12-18)29-25(26)30-31)24(32)28-13-19-7-2-3-8-22(19)33-15-17-5-4-6-17/h2-3,7-12,14,17H,4-6,13,15H2,1H3,(H2,26,30)(H,28,32). The summed E-state index contributed by atoms with van der Waals surface area (Å²) >= 11 is 0. The van der Waals surface area contributed by atoms with Gasteiger partial charge in [-0.05, 0) is 55.5 Å². The van der Waals surface area contributed by atoms with Crippen molar-refractivity contribution in [2.24, 2.45) is 5.92 Å². The molecule has 5 rings (SSSR count). The van der Waals surface area contributed by atoms with Crippen LogP contribution in [-0.2, 0) is 6.54 Å². The third-order valence-electron chi connectivity index (χ3n) is 6.13. The average Bonchev–Trinajstić information content (AvgIpc) is 3.16. The lowest BCUT2D eigenvalue weighted by molar-refractivity contribution is 0.0949. The lowest BCUT2D eigenvalue weighted by Gasteiger charge is -2.25. The first kappa shape index (κ1) is 20.9. The number of benzene rings is 1. The number of nitrogens with zero attached hydrogens (tertiary/aromatic N) is 4. The number of pyridine rings is 2. The molecular formula is C25H26N6O2. The molecule has 3 N–H and O–H groups in total. The molecule has 0 bridgehead atoms. The molecule has 8 nitrogen and oxygen atoms in total. The number of carbonyl (C=O) groups is 1. The zero-order chi connectivity index (χ0) is 22.8. The second-order valence-corrected chi connectivity index (χ2v) is 8.44. The molecule has 1 amide bonds. The molecule has 1 aliphatic carbocycles. The minimum atomic E-state index is -0.177. The summed E-state index contributed by atoms with van der Waals surface area (Å²) in [4.78, 5) is 21.7. The Morgan fingerprint density at radius 3 is 2.88 bits per heavy atom. The van der Waals surface area contributed by atoms with Crippen molar-refractivity contribution in [2.75, 3.05) is 12.3 Å². The van der Waals surface area contributed by atoms with Gasteiger partial charge in [-0.2, -0.15) is 4.98 Å². The van der Waals surface area contributed by atoms with Crippen molar-refractivity contribution >= 4 is 17.5 Å². The largest absolute Gasteiger partial charge is 0.493 e. The number of hydrogen-bond donors (Lipinski definition) is 2. The van der Waals surface area contributed by atoms with E-state index in [4.69, 9.17) is 10.5 Å². The van der Waals surface area contributed by atoms with E-state index in [9.17, 15) is 4.79 Å². The van der Waals surface area contributed by atoms with Gasteiger partial charge in [0.1, 0.15) is 5.75 Å². The lowest BCUT2D eigenvalue weighted by atomic mass is 9.86. The van der Waals surface area contributed by atoms with Crippen LogP contribution in [-0.4, -0.2) is 32.1 Å². The highest BCUT2D eigenvalue weighted by Crippen LogP contribution is 2.28. The van der Waals surface area contributed by atoms with Gasteiger partial charge in [-0.1, -0.05) is 24.6 Å². The number of rotatable bonds is 7. The molecular weight excluding hydrogens is 416 g/mol. The SMILES string of the molecule is Cc1ncc(-c2ccn3nc(N)nc3c2)cc1C(=O)NCc1ccccc1OCC1CCC1. The fourth-order valence-corrected chi connectivity index (χ4v) is 3.93. The maximum atomic E-state index is 13.0. The van der Waals surface area contributed by atoms with E-state index in [1.165, 1.54) is 19.3 Å². The van der Waals surface area contributed by atoms with Crippen LogP contribution in [0, 0.1) is 12.8 Å². The van der Waals surface area contributed by atoms with E-state index in [0.717, 1.165) is 29.0 Å². The third kappa shape index (κ3) is 4.50. The number of aryl methyl sites for hydroxylation is 1. The summed E-state index contributed by atoms with van der Waals surface area (Å²) < 4.78 is 7.64. The highest BCUT2D eigenvalue weighted by Gasteiger charge is 2.19. The van der Waals surface area contributed by atoms with E-state index in [1.54, 1.807) is 16.9 Å². The van der Waals surface area contributed by atoms with E-state index >= 15 is 0 Å². The van der Waals surface area contributed by atoms with Crippen molar-refractivity contribution in [3.05, 3.63) is 71.7 Å². The molecule has 0 spiro atoms. The number of para-hydroxylation sites is 1. The van der Waals surface area contributed by atoms with Crippen LogP contribution in [0.3, 0.4) is 0 Å². The molecule has 168 valence electrons. The Morgan fingerprint density at radius 2 is 2.06 bits per heavy atom. The smallest absolute Gasteiger partial charge is 0.253 e. The molecule has 0 radical (unpaired) electrons. The molecule has 0 atom stereocenters. The summed E-state index contributed by atoms with van der Waals surface area (Å²) in [7, 11) is 0. The quantitative estimate of drug-likeness (QED) is 0.451. The predicted octanol–water partition coefficient (Wildman–Crippen LogP) is 3.79. The minimum Gasteiger partial charge on any atom is -0.493 e. The van der Waals surface area contributed by atoms with Crippen LogP contribution in [0.4, 0.5) is 5.95 Å². The fraction of sp³-hybridized carbons (Fsp3) is 0.280. The van der Waals surface area contributed by atoms with Gasteiger partial charge in [0.05, 0.1) is 17.9 Å². The monoisotopic (exact) mass is 442 g/mol. The lowest BCUT2D eigenvalue weighted by Crippen LogP contribution is -2.25. The van der Waals surface area contributed by atoms with E-state index in [2.05, 4.69) is 20.4 Å².